The Hall–Kier alpha value is -3.17. The van der Waals surface area contributed by atoms with Crippen LogP contribution in [0.2, 0.25) is 10.0 Å². The summed E-state index contributed by atoms with van der Waals surface area (Å²) in [5.74, 6) is 0.443. The second-order valence-electron chi connectivity index (χ2n) is 7.07. The van der Waals surface area contributed by atoms with Crippen molar-refractivity contribution in [2.24, 2.45) is 7.05 Å². The molecule has 2 heterocycles. The van der Waals surface area contributed by atoms with Gasteiger partial charge in [-0.1, -0.05) is 35.3 Å². The number of anilines is 1. The molecule has 1 N–H and O–H groups in total. The Morgan fingerprint density at radius 2 is 1.65 bits per heavy atom. The highest BCUT2D eigenvalue weighted by molar-refractivity contribution is 6.35. The number of carbonyl (C=O) groups is 2. The van der Waals surface area contributed by atoms with E-state index < -0.39 is 0 Å². The number of aromatic nitrogens is 4. The van der Waals surface area contributed by atoms with Crippen LogP contribution in [0.4, 0.5) is 10.5 Å². The highest BCUT2D eigenvalue weighted by Crippen LogP contribution is 2.22. The Labute approximate surface area is 188 Å². The van der Waals surface area contributed by atoms with Crippen molar-refractivity contribution < 1.29 is 9.59 Å². The number of rotatable bonds is 3. The Morgan fingerprint density at radius 1 is 0.968 bits per heavy atom. The fraction of sp³-hybridized carbons (Fsp3) is 0.250. The summed E-state index contributed by atoms with van der Waals surface area (Å²) < 4.78 is 1.56. The number of benzene rings is 2. The van der Waals surface area contributed by atoms with Crippen LogP contribution in [0.25, 0.3) is 11.4 Å². The normalized spacial score (nSPS) is 13.9. The minimum absolute atomic E-state index is 0.158. The van der Waals surface area contributed by atoms with Crippen LogP contribution in [0, 0.1) is 0 Å². The average Bonchev–Trinajstić information content (AvgIpc) is 3.19. The van der Waals surface area contributed by atoms with Gasteiger partial charge >= 0.3 is 6.03 Å². The van der Waals surface area contributed by atoms with E-state index in [1.807, 2.05) is 18.2 Å². The minimum Gasteiger partial charge on any atom is -0.335 e. The smallest absolute Gasteiger partial charge is 0.321 e. The summed E-state index contributed by atoms with van der Waals surface area (Å²) in [4.78, 5) is 28.8. The molecular weight excluding hydrogens is 441 g/mol. The summed E-state index contributed by atoms with van der Waals surface area (Å²) in [5, 5.41) is 15.2. The summed E-state index contributed by atoms with van der Waals surface area (Å²) in [6, 6.07) is 11.8. The van der Waals surface area contributed by atoms with Crippen molar-refractivity contribution in [3.63, 3.8) is 0 Å². The van der Waals surface area contributed by atoms with Gasteiger partial charge in [0.2, 0.25) is 0 Å². The van der Waals surface area contributed by atoms with E-state index in [1.165, 1.54) is 0 Å². The number of carbonyl (C=O) groups excluding carboxylic acids is 2. The third-order valence-electron chi connectivity index (χ3n) is 4.96. The summed E-state index contributed by atoms with van der Waals surface area (Å²) in [5.41, 5.74) is 1.86. The molecule has 0 aliphatic carbocycles. The van der Waals surface area contributed by atoms with E-state index >= 15 is 0 Å². The molecule has 1 fully saturated rings. The first-order valence-corrected chi connectivity index (χ1v) is 10.3. The third kappa shape index (κ3) is 4.78. The van der Waals surface area contributed by atoms with Gasteiger partial charge in [-0.15, -0.1) is 5.10 Å². The van der Waals surface area contributed by atoms with Gasteiger partial charge in [0.15, 0.2) is 5.82 Å². The average molecular weight is 460 g/mol. The molecule has 160 valence electrons. The first-order valence-electron chi connectivity index (χ1n) is 9.55. The van der Waals surface area contributed by atoms with Gasteiger partial charge in [0.1, 0.15) is 0 Å². The number of hydrogen-bond acceptors (Lipinski definition) is 5. The molecule has 9 nitrogen and oxygen atoms in total. The van der Waals surface area contributed by atoms with Crippen molar-refractivity contribution in [1.29, 1.82) is 0 Å². The van der Waals surface area contributed by atoms with Crippen LogP contribution in [0.5, 0.6) is 0 Å². The van der Waals surface area contributed by atoms with Crippen molar-refractivity contribution in [3.05, 3.63) is 58.1 Å². The minimum atomic E-state index is -0.230. The standard InChI is InChI=1S/C20H19Cl2N7O2/c1-27-18(24-25-26-27)13-3-2-4-17(11-13)23-20(31)29-7-5-28(6-8-29)19(30)14-9-15(21)12-16(22)10-14/h2-4,9-12H,5-8H2,1H3,(H,23,31). The second kappa shape index (κ2) is 8.91. The SMILES string of the molecule is Cn1nnnc1-c1cccc(NC(=O)N2CCN(C(=O)c3cc(Cl)cc(Cl)c3)CC2)c1. The van der Waals surface area contributed by atoms with Crippen LogP contribution in [0.1, 0.15) is 10.4 Å². The molecule has 1 saturated heterocycles. The zero-order valence-electron chi connectivity index (χ0n) is 16.6. The van der Waals surface area contributed by atoms with Crippen LogP contribution >= 0.6 is 23.2 Å². The van der Waals surface area contributed by atoms with Crippen LogP contribution < -0.4 is 5.32 Å². The van der Waals surface area contributed by atoms with Gasteiger partial charge in [0.25, 0.3) is 5.91 Å². The van der Waals surface area contributed by atoms with Crippen molar-refractivity contribution in [2.75, 3.05) is 31.5 Å². The predicted octanol–water partition coefficient (Wildman–Crippen LogP) is 3.17. The zero-order chi connectivity index (χ0) is 22.0. The second-order valence-corrected chi connectivity index (χ2v) is 7.95. The molecule has 1 aliphatic rings. The summed E-state index contributed by atoms with van der Waals surface area (Å²) >= 11 is 12.0. The molecule has 0 saturated carbocycles. The molecule has 4 rings (SSSR count). The van der Waals surface area contributed by atoms with E-state index in [0.717, 1.165) is 5.56 Å². The van der Waals surface area contributed by atoms with E-state index in [1.54, 1.807) is 45.8 Å². The maximum absolute atomic E-state index is 12.7. The van der Waals surface area contributed by atoms with Gasteiger partial charge in [-0.2, -0.15) is 0 Å². The largest absolute Gasteiger partial charge is 0.335 e. The number of aryl methyl sites for hydroxylation is 1. The number of urea groups is 1. The predicted molar refractivity (Wildman–Crippen MR) is 117 cm³/mol. The lowest BCUT2D eigenvalue weighted by atomic mass is 10.2. The van der Waals surface area contributed by atoms with Crippen molar-refractivity contribution >= 4 is 40.8 Å². The zero-order valence-corrected chi connectivity index (χ0v) is 18.1. The number of nitrogens with one attached hydrogen (secondary N) is 1. The molecule has 0 bridgehead atoms. The van der Waals surface area contributed by atoms with E-state index in [0.29, 0.717) is 53.3 Å². The highest BCUT2D eigenvalue weighted by atomic mass is 35.5. The fourth-order valence-corrected chi connectivity index (χ4v) is 3.91. The van der Waals surface area contributed by atoms with Gasteiger partial charge in [0.05, 0.1) is 0 Å². The Morgan fingerprint density at radius 3 is 2.29 bits per heavy atom. The quantitative estimate of drug-likeness (QED) is 0.648. The van der Waals surface area contributed by atoms with Gasteiger partial charge in [0, 0.05) is 60.1 Å². The van der Waals surface area contributed by atoms with Gasteiger partial charge < -0.3 is 15.1 Å². The van der Waals surface area contributed by atoms with Crippen molar-refractivity contribution in [2.45, 2.75) is 0 Å². The van der Waals surface area contributed by atoms with E-state index in [-0.39, 0.29) is 11.9 Å². The molecule has 3 aromatic rings. The van der Waals surface area contributed by atoms with E-state index in [2.05, 4.69) is 20.8 Å². The molecule has 0 spiro atoms. The van der Waals surface area contributed by atoms with Gasteiger partial charge in [-0.25, -0.2) is 9.48 Å². The van der Waals surface area contributed by atoms with Gasteiger partial charge in [-0.05, 0) is 40.8 Å². The molecule has 0 radical (unpaired) electrons. The lowest BCUT2D eigenvalue weighted by molar-refractivity contribution is 0.0671. The number of tetrazole rings is 1. The molecule has 31 heavy (non-hydrogen) atoms. The van der Waals surface area contributed by atoms with Crippen molar-refractivity contribution in [1.82, 2.24) is 30.0 Å². The number of hydrogen-bond donors (Lipinski definition) is 1. The maximum atomic E-state index is 12.7. The number of halogens is 2. The molecule has 0 unspecified atom stereocenters. The van der Waals surface area contributed by atoms with Crippen LogP contribution in [-0.4, -0.2) is 68.1 Å². The molecular formula is C20H19Cl2N7O2. The Kier molecular flexibility index (Phi) is 6.06. The topological polar surface area (TPSA) is 96.2 Å². The lowest BCUT2D eigenvalue weighted by Gasteiger charge is -2.34. The molecule has 2 aromatic carbocycles. The van der Waals surface area contributed by atoms with Crippen LogP contribution in [0.3, 0.4) is 0 Å². The number of amides is 3. The molecule has 1 aliphatic heterocycles. The molecule has 11 heteroatoms. The first-order chi connectivity index (χ1) is 14.9. The van der Waals surface area contributed by atoms with E-state index in [9.17, 15) is 9.59 Å². The molecule has 0 atom stereocenters. The van der Waals surface area contributed by atoms with Gasteiger partial charge in [-0.3, -0.25) is 4.79 Å². The maximum Gasteiger partial charge on any atom is 0.321 e. The summed E-state index contributed by atoms with van der Waals surface area (Å²) in [6.45, 7) is 1.67. The monoisotopic (exact) mass is 459 g/mol. The summed E-state index contributed by atoms with van der Waals surface area (Å²) in [6.07, 6.45) is 0. The first kappa shape index (κ1) is 21.1. The molecule has 1 aromatic heterocycles. The van der Waals surface area contributed by atoms with E-state index in [4.69, 9.17) is 23.2 Å². The van der Waals surface area contributed by atoms with Crippen LogP contribution in [-0.2, 0) is 7.05 Å². The fourth-order valence-electron chi connectivity index (χ4n) is 3.39. The Bertz CT molecular complexity index is 1110. The third-order valence-corrected chi connectivity index (χ3v) is 5.39. The number of piperazine rings is 1. The number of nitrogens with zero attached hydrogens (tertiary/aromatic N) is 6. The Balaban J connectivity index is 1.36. The molecule has 3 amide bonds. The van der Waals surface area contributed by atoms with Crippen LogP contribution in [0.15, 0.2) is 42.5 Å². The summed E-state index contributed by atoms with van der Waals surface area (Å²) in [7, 11) is 1.75. The lowest BCUT2D eigenvalue weighted by Crippen LogP contribution is -2.51. The highest BCUT2D eigenvalue weighted by Gasteiger charge is 2.25. The van der Waals surface area contributed by atoms with Crippen molar-refractivity contribution in [3.8, 4) is 11.4 Å².